The number of thiophene rings is 1. The molecule has 3 heteroatoms. The topological polar surface area (TPSA) is 12.0 Å². The smallest absolute Gasteiger partial charge is 0.0701 e. The normalized spacial score (nSPS) is 19.6. The molecule has 84 valence electrons. The van der Waals surface area contributed by atoms with Gasteiger partial charge in [-0.2, -0.15) is 0 Å². The molecule has 1 nitrogen and oxygen atoms in total. The first-order chi connectivity index (χ1) is 7.18. The van der Waals surface area contributed by atoms with E-state index in [9.17, 15) is 0 Å². The predicted octanol–water partition coefficient (Wildman–Crippen LogP) is 4.18. The first kappa shape index (κ1) is 11.6. The van der Waals surface area contributed by atoms with E-state index < -0.39 is 0 Å². The minimum Gasteiger partial charge on any atom is -0.311 e. The van der Waals surface area contributed by atoms with Crippen molar-refractivity contribution in [1.29, 1.82) is 0 Å². The average molecular weight is 288 g/mol. The molecule has 1 fully saturated rings. The van der Waals surface area contributed by atoms with Crippen LogP contribution < -0.4 is 5.32 Å². The molecule has 0 radical (unpaired) electrons. The quantitative estimate of drug-likeness (QED) is 0.876. The van der Waals surface area contributed by atoms with Crippen molar-refractivity contribution in [2.24, 2.45) is 5.41 Å². The summed E-state index contributed by atoms with van der Waals surface area (Å²) in [6, 6.07) is 4.32. The Morgan fingerprint density at radius 3 is 2.73 bits per heavy atom. The van der Waals surface area contributed by atoms with Crippen LogP contribution in [0, 0.1) is 5.41 Å². The second kappa shape index (κ2) is 4.98. The summed E-state index contributed by atoms with van der Waals surface area (Å²) in [7, 11) is 0. The zero-order valence-electron chi connectivity index (χ0n) is 9.18. The van der Waals surface area contributed by atoms with E-state index in [0.717, 1.165) is 6.54 Å². The van der Waals surface area contributed by atoms with Crippen LogP contribution in [0.3, 0.4) is 0 Å². The van der Waals surface area contributed by atoms with Crippen LogP contribution >= 0.6 is 27.3 Å². The number of rotatable bonds is 4. The largest absolute Gasteiger partial charge is 0.311 e. The standard InChI is InChI=1S/C12H18BrNS/c1-12(6-2-3-7-12)9-14-8-10-4-5-11(13)15-10/h4-5,14H,2-3,6-9H2,1H3. The summed E-state index contributed by atoms with van der Waals surface area (Å²) in [6.07, 6.45) is 5.63. The van der Waals surface area contributed by atoms with Crippen LogP contribution in [0.25, 0.3) is 0 Å². The molecule has 0 spiro atoms. The summed E-state index contributed by atoms with van der Waals surface area (Å²) in [5.41, 5.74) is 0.564. The second-order valence-electron chi connectivity index (χ2n) is 4.83. The van der Waals surface area contributed by atoms with Gasteiger partial charge in [0.25, 0.3) is 0 Å². The van der Waals surface area contributed by atoms with E-state index in [1.54, 1.807) is 0 Å². The van der Waals surface area contributed by atoms with Crippen molar-refractivity contribution in [3.05, 3.63) is 20.8 Å². The first-order valence-electron chi connectivity index (χ1n) is 5.63. The van der Waals surface area contributed by atoms with E-state index in [4.69, 9.17) is 0 Å². The lowest BCUT2D eigenvalue weighted by Gasteiger charge is -2.23. The van der Waals surface area contributed by atoms with Gasteiger partial charge in [-0.25, -0.2) is 0 Å². The van der Waals surface area contributed by atoms with Crippen LogP contribution in [0.1, 0.15) is 37.5 Å². The molecule has 0 unspecified atom stereocenters. The van der Waals surface area contributed by atoms with Crippen LogP contribution in [0.15, 0.2) is 15.9 Å². The van der Waals surface area contributed by atoms with E-state index in [1.807, 2.05) is 11.3 Å². The molecule has 0 atom stereocenters. The molecule has 1 heterocycles. The zero-order chi connectivity index (χ0) is 10.7. The van der Waals surface area contributed by atoms with Gasteiger partial charge < -0.3 is 5.32 Å². The molecule has 1 aliphatic rings. The van der Waals surface area contributed by atoms with Gasteiger partial charge in [-0.05, 0) is 46.3 Å². The summed E-state index contributed by atoms with van der Waals surface area (Å²) < 4.78 is 1.23. The van der Waals surface area contributed by atoms with Crippen molar-refractivity contribution in [3.8, 4) is 0 Å². The van der Waals surface area contributed by atoms with E-state index in [1.165, 1.54) is 40.9 Å². The van der Waals surface area contributed by atoms with E-state index in [2.05, 4.69) is 40.3 Å². The lowest BCUT2D eigenvalue weighted by molar-refractivity contribution is 0.315. The molecular formula is C12H18BrNS. The van der Waals surface area contributed by atoms with Crippen LogP contribution in [-0.2, 0) is 6.54 Å². The highest BCUT2D eigenvalue weighted by molar-refractivity contribution is 9.11. The van der Waals surface area contributed by atoms with Crippen molar-refractivity contribution >= 4 is 27.3 Å². The van der Waals surface area contributed by atoms with E-state index in [0.29, 0.717) is 5.41 Å². The maximum atomic E-state index is 3.59. The van der Waals surface area contributed by atoms with Crippen molar-refractivity contribution in [2.75, 3.05) is 6.54 Å². The maximum absolute atomic E-state index is 3.59. The third-order valence-electron chi connectivity index (χ3n) is 3.29. The van der Waals surface area contributed by atoms with Gasteiger partial charge in [0.1, 0.15) is 0 Å². The lowest BCUT2D eigenvalue weighted by atomic mass is 9.89. The minimum absolute atomic E-state index is 0.564. The highest BCUT2D eigenvalue weighted by atomic mass is 79.9. The minimum atomic E-state index is 0.564. The fourth-order valence-corrected chi connectivity index (χ4v) is 3.79. The number of halogens is 1. The van der Waals surface area contributed by atoms with E-state index in [-0.39, 0.29) is 0 Å². The van der Waals surface area contributed by atoms with Gasteiger partial charge in [-0.3, -0.25) is 0 Å². The summed E-state index contributed by atoms with van der Waals surface area (Å²) in [5, 5.41) is 3.59. The Morgan fingerprint density at radius 2 is 2.13 bits per heavy atom. The number of hydrogen-bond acceptors (Lipinski definition) is 2. The van der Waals surface area contributed by atoms with Gasteiger partial charge in [0, 0.05) is 18.0 Å². The summed E-state index contributed by atoms with van der Waals surface area (Å²) in [6.45, 7) is 4.60. The number of hydrogen-bond donors (Lipinski definition) is 1. The molecule has 1 aromatic rings. The van der Waals surface area contributed by atoms with Crippen LogP contribution in [0.5, 0.6) is 0 Å². The molecule has 0 aliphatic heterocycles. The lowest BCUT2D eigenvalue weighted by Crippen LogP contribution is -2.28. The molecule has 2 rings (SSSR count). The number of nitrogens with one attached hydrogen (secondary N) is 1. The Balaban J connectivity index is 1.75. The van der Waals surface area contributed by atoms with Gasteiger partial charge >= 0.3 is 0 Å². The first-order valence-corrected chi connectivity index (χ1v) is 7.24. The van der Waals surface area contributed by atoms with Gasteiger partial charge in [-0.1, -0.05) is 19.8 Å². The summed E-state index contributed by atoms with van der Waals surface area (Å²) >= 11 is 5.31. The molecule has 1 saturated carbocycles. The highest BCUT2D eigenvalue weighted by Gasteiger charge is 2.27. The van der Waals surface area contributed by atoms with Gasteiger partial charge in [0.05, 0.1) is 3.79 Å². The van der Waals surface area contributed by atoms with Crippen LogP contribution in [0.2, 0.25) is 0 Å². The second-order valence-corrected chi connectivity index (χ2v) is 7.37. The van der Waals surface area contributed by atoms with Crippen molar-refractivity contribution < 1.29 is 0 Å². The summed E-state index contributed by atoms with van der Waals surface area (Å²) in [5.74, 6) is 0. The molecule has 0 bridgehead atoms. The van der Waals surface area contributed by atoms with E-state index >= 15 is 0 Å². The van der Waals surface area contributed by atoms with Crippen LogP contribution in [-0.4, -0.2) is 6.54 Å². The SMILES string of the molecule is CC1(CNCc2ccc(Br)s2)CCCC1. The molecule has 0 amide bonds. The van der Waals surface area contributed by atoms with Crippen molar-refractivity contribution in [3.63, 3.8) is 0 Å². The summed E-state index contributed by atoms with van der Waals surface area (Å²) in [4.78, 5) is 1.42. The van der Waals surface area contributed by atoms with Gasteiger partial charge in [-0.15, -0.1) is 11.3 Å². The fourth-order valence-electron chi connectivity index (χ4n) is 2.34. The third kappa shape index (κ3) is 3.30. The average Bonchev–Trinajstić information content (AvgIpc) is 2.76. The highest BCUT2D eigenvalue weighted by Crippen LogP contribution is 2.36. The van der Waals surface area contributed by atoms with Crippen molar-refractivity contribution in [1.82, 2.24) is 5.32 Å². The Hall–Kier alpha value is 0.140. The van der Waals surface area contributed by atoms with Gasteiger partial charge in [0.15, 0.2) is 0 Å². The fraction of sp³-hybridized carbons (Fsp3) is 0.667. The molecular weight excluding hydrogens is 270 g/mol. The molecule has 0 saturated heterocycles. The Kier molecular flexibility index (Phi) is 3.86. The van der Waals surface area contributed by atoms with Gasteiger partial charge in [0.2, 0.25) is 0 Å². The predicted molar refractivity (Wildman–Crippen MR) is 70.3 cm³/mol. The molecule has 1 N–H and O–H groups in total. The molecule has 1 aromatic heterocycles. The molecule has 1 aliphatic carbocycles. The van der Waals surface area contributed by atoms with Crippen molar-refractivity contribution in [2.45, 2.75) is 39.2 Å². The monoisotopic (exact) mass is 287 g/mol. The maximum Gasteiger partial charge on any atom is 0.0701 e. The Labute approximate surface area is 104 Å². The Morgan fingerprint density at radius 1 is 1.40 bits per heavy atom. The Bertz CT molecular complexity index is 315. The third-order valence-corrected chi connectivity index (χ3v) is 4.91. The molecule has 15 heavy (non-hydrogen) atoms. The van der Waals surface area contributed by atoms with Crippen LogP contribution in [0.4, 0.5) is 0 Å². The zero-order valence-corrected chi connectivity index (χ0v) is 11.6. The molecule has 0 aromatic carbocycles.